The lowest BCUT2D eigenvalue weighted by atomic mass is 10.1. The highest BCUT2D eigenvalue weighted by molar-refractivity contribution is 6.06. The predicted molar refractivity (Wildman–Crippen MR) is 96.7 cm³/mol. The first kappa shape index (κ1) is 17.9. The minimum absolute atomic E-state index is 0.0364. The molecule has 0 radical (unpaired) electrons. The molecule has 1 aliphatic heterocycles. The fraction of sp³-hybridized carbons (Fsp3) is 0.316. The monoisotopic (exact) mass is 356 g/mol. The summed E-state index contributed by atoms with van der Waals surface area (Å²) in [7, 11) is 0. The fourth-order valence-corrected chi connectivity index (χ4v) is 2.88. The lowest BCUT2D eigenvalue weighted by Gasteiger charge is -2.15. The van der Waals surface area contributed by atoms with E-state index in [2.05, 4.69) is 5.32 Å². The summed E-state index contributed by atoms with van der Waals surface area (Å²) in [4.78, 5) is 23.3. The number of nitrogens with zero attached hydrogens (tertiary/aromatic N) is 1. The van der Waals surface area contributed by atoms with Crippen LogP contribution in [0.3, 0.4) is 0 Å². The lowest BCUT2D eigenvalue weighted by molar-refractivity contribution is -0.385. The summed E-state index contributed by atoms with van der Waals surface area (Å²) < 4.78 is 11.3. The third kappa shape index (κ3) is 4.00. The van der Waals surface area contributed by atoms with Gasteiger partial charge in [-0.05, 0) is 38.0 Å². The summed E-state index contributed by atoms with van der Waals surface area (Å²) in [5.41, 5.74) is 1.14. The number of amides is 1. The molecule has 1 N–H and O–H groups in total. The highest BCUT2D eigenvalue weighted by Crippen LogP contribution is 2.27. The Balaban J connectivity index is 1.76. The maximum atomic E-state index is 12.7. The molecule has 0 aliphatic carbocycles. The van der Waals surface area contributed by atoms with Crippen molar-refractivity contribution in [1.82, 2.24) is 0 Å². The third-order valence-electron chi connectivity index (χ3n) is 4.33. The SMILES string of the molecule is Cc1c(NC(=O)c2ccccc2OCC2CCCO2)cccc1[N+](=O)[O-]. The molecule has 3 rings (SSSR count). The van der Waals surface area contributed by atoms with Gasteiger partial charge in [0.15, 0.2) is 0 Å². The number of nitrogens with one attached hydrogen (secondary N) is 1. The van der Waals surface area contributed by atoms with E-state index in [1.54, 1.807) is 43.3 Å². The molecule has 1 unspecified atom stereocenters. The first-order valence-electron chi connectivity index (χ1n) is 8.45. The van der Waals surface area contributed by atoms with Crippen molar-refractivity contribution in [3.63, 3.8) is 0 Å². The van der Waals surface area contributed by atoms with Gasteiger partial charge in [-0.1, -0.05) is 18.2 Å². The van der Waals surface area contributed by atoms with Crippen LogP contribution in [0, 0.1) is 17.0 Å². The average Bonchev–Trinajstić information content (AvgIpc) is 3.15. The maximum Gasteiger partial charge on any atom is 0.274 e. The van der Waals surface area contributed by atoms with Crippen LogP contribution in [0.5, 0.6) is 5.75 Å². The van der Waals surface area contributed by atoms with Gasteiger partial charge in [0.05, 0.1) is 27.8 Å². The third-order valence-corrected chi connectivity index (χ3v) is 4.33. The van der Waals surface area contributed by atoms with Crippen molar-refractivity contribution < 1.29 is 19.2 Å². The number of ether oxygens (including phenoxy) is 2. The Labute approximate surface area is 151 Å². The molecule has 1 saturated heterocycles. The van der Waals surface area contributed by atoms with Crippen molar-refractivity contribution in [2.75, 3.05) is 18.5 Å². The summed E-state index contributed by atoms with van der Waals surface area (Å²) in [6.07, 6.45) is 2.01. The summed E-state index contributed by atoms with van der Waals surface area (Å²) in [5, 5.41) is 13.8. The van der Waals surface area contributed by atoms with Gasteiger partial charge in [-0.15, -0.1) is 0 Å². The van der Waals surface area contributed by atoms with E-state index in [-0.39, 0.29) is 17.7 Å². The molecule has 1 atom stereocenters. The molecule has 1 aliphatic rings. The molecule has 136 valence electrons. The van der Waals surface area contributed by atoms with Crippen molar-refractivity contribution in [2.45, 2.75) is 25.9 Å². The standard InChI is InChI=1S/C19H20N2O5/c1-13-16(8-4-9-17(13)21(23)24)20-19(22)15-7-2-3-10-18(15)26-12-14-6-5-11-25-14/h2-4,7-10,14H,5-6,11-12H2,1H3,(H,20,22). The molecule has 2 aromatic carbocycles. The minimum Gasteiger partial charge on any atom is -0.490 e. The molecular weight excluding hydrogens is 336 g/mol. The predicted octanol–water partition coefficient (Wildman–Crippen LogP) is 3.71. The molecule has 0 spiro atoms. The highest BCUT2D eigenvalue weighted by Gasteiger charge is 2.20. The Morgan fingerprint density at radius 3 is 2.85 bits per heavy atom. The van der Waals surface area contributed by atoms with Crippen LogP contribution in [0.4, 0.5) is 11.4 Å². The second kappa shape index (κ2) is 7.97. The summed E-state index contributed by atoms with van der Waals surface area (Å²) in [6, 6.07) is 11.5. The van der Waals surface area contributed by atoms with Gasteiger partial charge in [0.2, 0.25) is 0 Å². The number of hydrogen-bond donors (Lipinski definition) is 1. The van der Waals surface area contributed by atoms with E-state index in [4.69, 9.17) is 9.47 Å². The molecule has 0 saturated carbocycles. The zero-order valence-corrected chi connectivity index (χ0v) is 14.4. The number of rotatable bonds is 6. The maximum absolute atomic E-state index is 12.7. The summed E-state index contributed by atoms with van der Waals surface area (Å²) in [6.45, 7) is 2.73. The molecule has 7 nitrogen and oxygen atoms in total. The van der Waals surface area contributed by atoms with Crippen molar-refractivity contribution >= 4 is 17.3 Å². The smallest absolute Gasteiger partial charge is 0.274 e. The van der Waals surface area contributed by atoms with E-state index < -0.39 is 4.92 Å². The van der Waals surface area contributed by atoms with E-state index in [9.17, 15) is 14.9 Å². The van der Waals surface area contributed by atoms with Crippen LogP contribution in [0.1, 0.15) is 28.8 Å². The van der Waals surface area contributed by atoms with Gasteiger partial charge in [0.1, 0.15) is 12.4 Å². The fourth-order valence-electron chi connectivity index (χ4n) is 2.88. The normalized spacial score (nSPS) is 16.3. The Morgan fingerprint density at radius 1 is 1.31 bits per heavy atom. The van der Waals surface area contributed by atoms with Crippen molar-refractivity contribution in [1.29, 1.82) is 0 Å². The van der Waals surface area contributed by atoms with E-state index in [0.717, 1.165) is 19.4 Å². The number of para-hydroxylation sites is 1. The van der Waals surface area contributed by atoms with E-state index in [0.29, 0.717) is 29.2 Å². The molecule has 0 aromatic heterocycles. The molecule has 1 heterocycles. The van der Waals surface area contributed by atoms with Gasteiger partial charge in [-0.3, -0.25) is 14.9 Å². The topological polar surface area (TPSA) is 90.7 Å². The Hall–Kier alpha value is -2.93. The minimum atomic E-state index is -0.469. The van der Waals surface area contributed by atoms with Crippen LogP contribution < -0.4 is 10.1 Å². The number of nitro groups is 1. The van der Waals surface area contributed by atoms with E-state index in [1.165, 1.54) is 6.07 Å². The van der Waals surface area contributed by atoms with Crippen LogP contribution in [0.2, 0.25) is 0 Å². The van der Waals surface area contributed by atoms with Gasteiger partial charge in [0.25, 0.3) is 11.6 Å². The summed E-state index contributed by atoms with van der Waals surface area (Å²) in [5.74, 6) is 0.0834. The number of nitro benzene ring substituents is 1. The lowest BCUT2D eigenvalue weighted by Crippen LogP contribution is -2.19. The van der Waals surface area contributed by atoms with Crippen molar-refractivity contribution in [3.8, 4) is 5.75 Å². The van der Waals surface area contributed by atoms with Gasteiger partial charge < -0.3 is 14.8 Å². The first-order chi connectivity index (χ1) is 12.6. The zero-order valence-electron chi connectivity index (χ0n) is 14.4. The second-order valence-corrected chi connectivity index (χ2v) is 6.10. The number of carbonyl (C=O) groups excluding carboxylic acids is 1. The van der Waals surface area contributed by atoms with Crippen LogP contribution in [0.15, 0.2) is 42.5 Å². The molecular formula is C19H20N2O5. The van der Waals surface area contributed by atoms with Gasteiger partial charge in [0, 0.05) is 12.7 Å². The number of hydrogen-bond acceptors (Lipinski definition) is 5. The largest absolute Gasteiger partial charge is 0.490 e. The molecule has 7 heteroatoms. The summed E-state index contributed by atoms with van der Waals surface area (Å²) >= 11 is 0. The molecule has 0 bridgehead atoms. The van der Waals surface area contributed by atoms with Gasteiger partial charge in [-0.2, -0.15) is 0 Å². The molecule has 2 aromatic rings. The molecule has 1 amide bonds. The van der Waals surface area contributed by atoms with Crippen molar-refractivity contribution in [3.05, 3.63) is 63.7 Å². The van der Waals surface area contributed by atoms with Crippen LogP contribution in [-0.2, 0) is 4.74 Å². The highest BCUT2D eigenvalue weighted by atomic mass is 16.6. The van der Waals surface area contributed by atoms with Gasteiger partial charge >= 0.3 is 0 Å². The van der Waals surface area contributed by atoms with Crippen LogP contribution in [0.25, 0.3) is 0 Å². The van der Waals surface area contributed by atoms with Gasteiger partial charge in [-0.25, -0.2) is 0 Å². The molecule has 26 heavy (non-hydrogen) atoms. The van der Waals surface area contributed by atoms with Crippen molar-refractivity contribution in [2.24, 2.45) is 0 Å². The average molecular weight is 356 g/mol. The number of anilines is 1. The Morgan fingerprint density at radius 2 is 2.12 bits per heavy atom. The first-order valence-corrected chi connectivity index (χ1v) is 8.45. The quantitative estimate of drug-likeness (QED) is 0.629. The zero-order chi connectivity index (χ0) is 18.5. The Bertz CT molecular complexity index is 815. The number of carbonyl (C=O) groups is 1. The number of benzene rings is 2. The Kier molecular flexibility index (Phi) is 5.48. The molecule has 1 fully saturated rings. The second-order valence-electron chi connectivity index (χ2n) is 6.10. The van der Waals surface area contributed by atoms with Crippen LogP contribution >= 0.6 is 0 Å². The van der Waals surface area contributed by atoms with E-state index >= 15 is 0 Å². The van der Waals surface area contributed by atoms with Crippen LogP contribution in [-0.4, -0.2) is 30.1 Å². The van der Waals surface area contributed by atoms with E-state index in [1.807, 2.05) is 0 Å².